The van der Waals surface area contributed by atoms with E-state index in [1.54, 1.807) is 19.0 Å². The summed E-state index contributed by atoms with van der Waals surface area (Å²) < 4.78 is 28.2. The molecule has 10 nitrogen and oxygen atoms in total. The summed E-state index contributed by atoms with van der Waals surface area (Å²) in [6.07, 6.45) is 0. The Labute approximate surface area is 150 Å². The molecule has 11 heteroatoms. The second-order valence-corrected chi connectivity index (χ2v) is 7.61. The first-order valence-corrected chi connectivity index (χ1v) is 9.16. The molecule has 26 heavy (non-hydrogen) atoms. The zero-order valence-corrected chi connectivity index (χ0v) is 15.1. The van der Waals surface area contributed by atoms with Gasteiger partial charge < -0.3 is 15.3 Å². The van der Waals surface area contributed by atoms with E-state index in [0.29, 0.717) is 17.1 Å². The molecule has 2 amide bonds. The molecule has 2 rings (SSSR count). The summed E-state index contributed by atoms with van der Waals surface area (Å²) in [5.74, 6) is -2.85. The first kappa shape index (κ1) is 19.8. The molecule has 0 saturated heterocycles. The van der Waals surface area contributed by atoms with Gasteiger partial charge in [0.1, 0.15) is 13.3 Å². The summed E-state index contributed by atoms with van der Waals surface area (Å²) in [5, 5.41) is 11.5. The molecule has 0 aliphatic carbocycles. The molecule has 1 aromatic carbocycles. The quantitative estimate of drug-likeness (QED) is 0.332. The number of amides is 2. The van der Waals surface area contributed by atoms with E-state index in [1.807, 2.05) is 0 Å². The number of carbonyl (C=O) groups excluding carboxylic acids is 2. The molecule has 0 bridgehead atoms. The van der Waals surface area contributed by atoms with E-state index in [-0.39, 0.29) is 23.6 Å². The Balaban J connectivity index is 2.01. The Morgan fingerprint density at radius 2 is 1.88 bits per heavy atom. The second-order valence-electron chi connectivity index (χ2n) is 5.85. The monoisotopic (exact) mass is 385 g/mol. The van der Waals surface area contributed by atoms with Crippen molar-refractivity contribution in [1.82, 2.24) is 9.80 Å². The topological polar surface area (TPSA) is 133 Å². The van der Waals surface area contributed by atoms with Crippen LogP contribution in [0.4, 0.5) is 5.69 Å². The maximum atomic E-state index is 12.2. The van der Waals surface area contributed by atoms with E-state index in [1.165, 1.54) is 18.2 Å². The maximum Gasteiger partial charge on any atom is 0.323 e. The van der Waals surface area contributed by atoms with Crippen LogP contribution < -0.4 is 5.32 Å². The molecule has 0 spiro atoms. The summed E-state index contributed by atoms with van der Waals surface area (Å²) in [5.41, 5.74) is 0.517. The maximum absolute atomic E-state index is 12.2. The fraction of sp³-hybridized carbons (Fsp3) is 0.400. The zero-order valence-electron chi connectivity index (χ0n) is 14.3. The first-order chi connectivity index (χ1) is 12.1. The minimum Gasteiger partial charge on any atom is -0.480 e. The highest BCUT2D eigenvalue weighted by molar-refractivity contribution is 7.86. The normalized spacial score (nSPS) is 14.0. The summed E-state index contributed by atoms with van der Waals surface area (Å²) in [6, 6.07) is 4.21. The van der Waals surface area contributed by atoms with E-state index < -0.39 is 34.4 Å². The number of carbonyl (C=O) groups is 3. The summed E-state index contributed by atoms with van der Waals surface area (Å²) in [4.78, 5) is 37.3. The van der Waals surface area contributed by atoms with Crippen molar-refractivity contribution in [3.05, 3.63) is 29.3 Å². The van der Waals surface area contributed by atoms with Gasteiger partial charge in [-0.1, -0.05) is 0 Å². The molecule has 0 atom stereocenters. The molecule has 2 N–H and O–H groups in total. The molecule has 1 aliphatic rings. The molecule has 0 unspecified atom stereocenters. The number of fused-ring (bicyclic) bond motifs is 1. The number of nitrogens with zero attached hydrogens (tertiary/aromatic N) is 2. The Morgan fingerprint density at radius 3 is 2.50 bits per heavy atom. The predicted octanol–water partition coefficient (Wildman–Crippen LogP) is -0.355. The van der Waals surface area contributed by atoms with Gasteiger partial charge in [0, 0.05) is 12.2 Å². The smallest absolute Gasteiger partial charge is 0.323 e. The van der Waals surface area contributed by atoms with Crippen molar-refractivity contribution >= 4 is 33.6 Å². The first-order valence-electron chi connectivity index (χ1n) is 7.58. The Bertz CT molecular complexity index is 836. The van der Waals surface area contributed by atoms with Crippen LogP contribution in [0.2, 0.25) is 0 Å². The van der Waals surface area contributed by atoms with E-state index in [2.05, 4.69) is 5.32 Å². The zero-order chi connectivity index (χ0) is 19.5. The number of hydrogen-bond donors (Lipinski definition) is 2. The molecule has 1 aliphatic heterocycles. The van der Waals surface area contributed by atoms with Gasteiger partial charge in [0.05, 0.1) is 16.9 Å². The molecular weight excluding hydrogens is 366 g/mol. The van der Waals surface area contributed by atoms with Crippen molar-refractivity contribution in [1.29, 1.82) is 0 Å². The lowest BCUT2D eigenvalue weighted by atomic mass is 10.1. The molecule has 142 valence electrons. The third-order valence-corrected chi connectivity index (χ3v) is 4.73. The minimum atomic E-state index is -3.70. The van der Waals surface area contributed by atoms with Crippen molar-refractivity contribution in [3.63, 3.8) is 0 Å². The standard InChI is InChI=1S/C15H19N3O7S/c1-17(2)5-6-26(23,24)25-9-16-10-3-4-11-12(7-10)15(22)18(14(11)21)8-13(19)20/h3-4,7,16H,5-6,8-9H2,1-2H3,(H,19,20). The number of carboxylic acid groups (broad SMARTS) is 1. The lowest BCUT2D eigenvalue weighted by Crippen LogP contribution is -2.34. The van der Waals surface area contributed by atoms with Crippen LogP contribution in [0.25, 0.3) is 0 Å². The van der Waals surface area contributed by atoms with Gasteiger partial charge in [-0.3, -0.25) is 19.3 Å². The van der Waals surface area contributed by atoms with Gasteiger partial charge in [-0.25, -0.2) is 4.18 Å². The van der Waals surface area contributed by atoms with Gasteiger partial charge in [0.2, 0.25) is 0 Å². The van der Waals surface area contributed by atoms with Crippen LogP contribution in [0.5, 0.6) is 0 Å². The Morgan fingerprint density at radius 1 is 1.23 bits per heavy atom. The largest absolute Gasteiger partial charge is 0.480 e. The average Bonchev–Trinajstić information content (AvgIpc) is 2.77. The third-order valence-electron chi connectivity index (χ3n) is 3.57. The fourth-order valence-corrected chi connectivity index (χ4v) is 3.18. The summed E-state index contributed by atoms with van der Waals surface area (Å²) in [7, 11) is -0.218. The van der Waals surface area contributed by atoms with Crippen LogP contribution >= 0.6 is 0 Å². The van der Waals surface area contributed by atoms with Crippen LogP contribution in [0.3, 0.4) is 0 Å². The fourth-order valence-electron chi connectivity index (χ4n) is 2.24. The van der Waals surface area contributed by atoms with E-state index in [4.69, 9.17) is 9.29 Å². The van der Waals surface area contributed by atoms with Gasteiger partial charge in [-0.05, 0) is 32.3 Å². The highest BCUT2D eigenvalue weighted by atomic mass is 32.2. The number of benzene rings is 1. The van der Waals surface area contributed by atoms with Crippen LogP contribution in [0.1, 0.15) is 20.7 Å². The highest BCUT2D eigenvalue weighted by Crippen LogP contribution is 2.25. The van der Waals surface area contributed by atoms with Crippen LogP contribution in [0, 0.1) is 0 Å². The number of hydrogen-bond acceptors (Lipinski definition) is 8. The molecule has 1 aromatic rings. The molecule has 1 heterocycles. The highest BCUT2D eigenvalue weighted by Gasteiger charge is 2.36. The van der Waals surface area contributed by atoms with Crippen LogP contribution in [-0.4, -0.2) is 80.8 Å². The van der Waals surface area contributed by atoms with Crippen molar-refractivity contribution in [2.75, 3.05) is 45.0 Å². The molecular formula is C15H19N3O7S. The van der Waals surface area contributed by atoms with Crippen molar-refractivity contribution in [3.8, 4) is 0 Å². The number of anilines is 1. The van der Waals surface area contributed by atoms with E-state index in [0.717, 1.165) is 0 Å². The van der Waals surface area contributed by atoms with E-state index >= 15 is 0 Å². The van der Waals surface area contributed by atoms with Crippen molar-refractivity contribution in [2.24, 2.45) is 0 Å². The lowest BCUT2D eigenvalue weighted by molar-refractivity contribution is -0.137. The number of aliphatic carboxylic acids is 1. The number of carboxylic acids is 1. The molecule has 0 fully saturated rings. The van der Waals surface area contributed by atoms with Crippen molar-refractivity contribution in [2.45, 2.75) is 0 Å². The van der Waals surface area contributed by atoms with Gasteiger partial charge in [-0.2, -0.15) is 8.42 Å². The van der Waals surface area contributed by atoms with Gasteiger partial charge in [0.25, 0.3) is 21.9 Å². The Kier molecular flexibility index (Phi) is 5.95. The molecule has 0 saturated carbocycles. The van der Waals surface area contributed by atoms with E-state index in [9.17, 15) is 22.8 Å². The van der Waals surface area contributed by atoms with Crippen LogP contribution in [0.15, 0.2) is 18.2 Å². The molecule has 0 radical (unpaired) electrons. The SMILES string of the molecule is CN(C)CCS(=O)(=O)OCNc1ccc2c(c1)C(=O)N(CC(=O)O)C2=O. The lowest BCUT2D eigenvalue weighted by Gasteiger charge is -2.11. The Hall–Kier alpha value is -2.50. The van der Waals surface area contributed by atoms with Gasteiger partial charge >= 0.3 is 5.97 Å². The molecule has 0 aromatic heterocycles. The third kappa shape index (κ3) is 4.77. The average molecular weight is 385 g/mol. The summed E-state index contributed by atoms with van der Waals surface area (Å²) in [6.45, 7) is -0.741. The number of rotatable bonds is 9. The van der Waals surface area contributed by atoms with Crippen molar-refractivity contribution < 1.29 is 32.1 Å². The van der Waals surface area contributed by atoms with Gasteiger partial charge in [-0.15, -0.1) is 0 Å². The van der Waals surface area contributed by atoms with Gasteiger partial charge in [0.15, 0.2) is 0 Å². The second kappa shape index (κ2) is 7.81. The number of imide groups is 1. The number of nitrogens with one attached hydrogen (secondary N) is 1. The summed E-state index contributed by atoms with van der Waals surface area (Å²) >= 11 is 0. The minimum absolute atomic E-state index is 0.0525. The van der Waals surface area contributed by atoms with Crippen LogP contribution in [-0.2, 0) is 19.1 Å². The predicted molar refractivity (Wildman–Crippen MR) is 91.4 cm³/mol.